The summed E-state index contributed by atoms with van der Waals surface area (Å²) in [6, 6.07) is 10.2. The molecule has 0 N–H and O–H groups in total. The van der Waals surface area contributed by atoms with Crippen LogP contribution in [0.25, 0.3) is 0 Å². The normalized spacial score (nSPS) is 11.6. The average Bonchev–Trinajstić information content (AvgIpc) is 2.64. The van der Waals surface area contributed by atoms with Gasteiger partial charge in [0.1, 0.15) is 11.9 Å². The van der Waals surface area contributed by atoms with Gasteiger partial charge in [-0.05, 0) is 18.4 Å². The first-order valence-electron chi connectivity index (χ1n) is 8.93. The van der Waals surface area contributed by atoms with Gasteiger partial charge in [-0.3, -0.25) is 9.36 Å². The minimum Gasteiger partial charge on any atom is -0.377 e. The zero-order valence-electron chi connectivity index (χ0n) is 15.4. The van der Waals surface area contributed by atoms with Gasteiger partial charge in [0.2, 0.25) is 0 Å². The van der Waals surface area contributed by atoms with Gasteiger partial charge in [0.05, 0.1) is 6.61 Å². The third-order valence-corrected chi connectivity index (χ3v) is 5.88. The fourth-order valence-corrected chi connectivity index (χ4v) is 3.49. The zero-order chi connectivity index (χ0) is 18.4. The molecule has 0 atom stereocenters. The average molecular weight is 370 g/mol. The summed E-state index contributed by atoms with van der Waals surface area (Å²) in [5.41, 5.74) is 1.21. The highest BCUT2D eigenvalue weighted by Gasteiger charge is 2.24. The Morgan fingerprint density at radius 2 is 1.52 bits per heavy atom. The summed E-state index contributed by atoms with van der Waals surface area (Å²) in [6.07, 6.45) is 6.63. The second-order valence-electron chi connectivity index (χ2n) is 6.08. The highest BCUT2D eigenvalue weighted by Crippen LogP contribution is 2.46. The largest absolute Gasteiger partial charge is 0.377 e. The number of rotatable bonds is 15. The predicted octanol–water partition coefficient (Wildman–Crippen LogP) is 4.99. The highest BCUT2D eigenvalue weighted by molar-refractivity contribution is 7.54. The zero-order valence-corrected chi connectivity index (χ0v) is 16.3. The maximum Gasteiger partial charge on any atom is 0.337 e. The Labute approximate surface area is 151 Å². The molecule has 5 nitrogen and oxygen atoms in total. The van der Waals surface area contributed by atoms with E-state index in [2.05, 4.69) is 12.1 Å². The van der Waals surface area contributed by atoms with Crippen LogP contribution in [0.4, 0.5) is 0 Å². The molecule has 1 rings (SSSR count). The van der Waals surface area contributed by atoms with Gasteiger partial charge in [-0.1, -0.05) is 56.0 Å². The van der Waals surface area contributed by atoms with E-state index in [4.69, 9.17) is 13.8 Å². The van der Waals surface area contributed by atoms with E-state index in [0.29, 0.717) is 13.0 Å². The van der Waals surface area contributed by atoms with Gasteiger partial charge in [-0.25, -0.2) is 0 Å². The Hall–Kier alpha value is -1.00. The van der Waals surface area contributed by atoms with Crippen molar-refractivity contribution in [1.82, 2.24) is 0 Å². The summed E-state index contributed by atoms with van der Waals surface area (Å²) < 4.78 is 27.0. The Bertz CT molecular complexity index is 510. The number of hydrogen-bond acceptors (Lipinski definition) is 5. The molecule has 0 aromatic heterocycles. The Balaban J connectivity index is 1.92. The van der Waals surface area contributed by atoms with Crippen molar-refractivity contribution in [3.05, 3.63) is 35.9 Å². The molecule has 0 amide bonds. The SMILES string of the molecule is COP(=O)(CC(=O)CCCCCCCCOCc1ccccc1)OC. The van der Waals surface area contributed by atoms with Crippen molar-refractivity contribution in [2.24, 2.45) is 0 Å². The van der Waals surface area contributed by atoms with Crippen molar-refractivity contribution in [3.63, 3.8) is 0 Å². The summed E-state index contributed by atoms with van der Waals surface area (Å²) in [4.78, 5) is 11.8. The van der Waals surface area contributed by atoms with Gasteiger partial charge in [0.25, 0.3) is 0 Å². The number of ketones is 1. The maximum absolute atomic E-state index is 11.8. The standard InChI is InChI=1S/C19H31O5P/c1-22-25(21,23-2)17-19(20)14-10-5-3-4-6-11-15-24-16-18-12-8-7-9-13-18/h7-9,12-13H,3-6,10-11,14-17H2,1-2H3. The van der Waals surface area contributed by atoms with Crippen molar-refractivity contribution < 1.29 is 23.1 Å². The lowest BCUT2D eigenvalue weighted by molar-refractivity contribution is -0.117. The Morgan fingerprint density at radius 3 is 2.16 bits per heavy atom. The van der Waals surface area contributed by atoms with Crippen LogP contribution in [0.15, 0.2) is 30.3 Å². The molecule has 0 heterocycles. The topological polar surface area (TPSA) is 61.8 Å². The minimum atomic E-state index is -3.20. The van der Waals surface area contributed by atoms with Crippen LogP contribution < -0.4 is 0 Å². The van der Waals surface area contributed by atoms with Gasteiger partial charge in [-0.15, -0.1) is 0 Å². The summed E-state index contributed by atoms with van der Waals surface area (Å²) in [5.74, 6) is -0.0543. The van der Waals surface area contributed by atoms with E-state index in [-0.39, 0.29) is 11.9 Å². The van der Waals surface area contributed by atoms with Crippen LogP contribution in [0.5, 0.6) is 0 Å². The van der Waals surface area contributed by atoms with E-state index >= 15 is 0 Å². The molecule has 1 aromatic rings. The quantitative estimate of drug-likeness (QED) is 0.321. The van der Waals surface area contributed by atoms with E-state index in [1.165, 1.54) is 19.8 Å². The molecule has 25 heavy (non-hydrogen) atoms. The van der Waals surface area contributed by atoms with E-state index in [1.807, 2.05) is 18.2 Å². The monoisotopic (exact) mass is 370 g/mol. The van der Waals surface area contributed by atoms with E-state index in [9.17, 15) is 9.36 Å². The van der Waals surface area contributed by atoms with Crippen molar-refractivity contribution in [2.75, 3.05) is 27.0 Å². The van der Waals surface area contributed by atoms with E-state index in [0.717, 1.165) is 45.1 Å². The minimum absolute atomic E-state index is 0.0543. The highest BCUT2D eigenvalue weighted by atomic mass is 31.2. The molecule has 0 aliphatic rings. The second kappa shape index (κ2) is 13.2. The van der Waals surface area contributed by atoms with Crippen LogP contribution in [0.3, 0.4) is 0 Å². The lowest BCUT2D eigenvalue weighted by atomic mass is 10.1. The van der Waals surface area contributed by atoms with Crippen LogP contribution in [0.1, 0.15) is 50.5 Å². The van der Waals surface area contributed by atoms with Crippen molar-refractivity contribution in [1.29, 1.82) is 0 Å². The molecule has 0 saturated heterocycles. The summed E-state index contributed by atoms with van der Waals surface area (Å²) >= 11 is 0. The molecule has 6 heteroatoms. The number of carbonyl (C=O) groups excluding carboxylic acids is 1. The summed E-state index contributed by atoms with van der Waals surface area (Å²) in [7, 11) is -0.587. The molecule has 0 saturated carbocycles. The van der Waals surface area contributed by atoms with Gasteiger partial charge >= 0.3 is 7.60 Å². The van der Waals surface area contributed by atoms with Gasteiger partial charge < -0.3 is 13.8 Å². The predicted molar refractivity (Wildman–Crippen MR) is 99.9 cm³/mol. The number of hydrogen-bond donors (Lipinski definition) is 0. The second-order valence-corrected chi connectivity index (χ2v) is 8.35. The number of ether oxygens (including phenoxy) is 1. The number of unbranched alkanes of at least 4 members (excludes halogenated alkanes) is 5. The molecule has 0 bridgehead atoms. The maximum atomic E-state index is 11.8. The Kier molecular flexibility index (Phi) is 11.7. The van der Waals surface area contributed by atoms with E-state index in [1.54, 1.807) is 0 Å². The van der Waals surface area contributed by atoms with Crippen LogP contribution in [-0.4, -0.2) is 32.8 Å². The van der Waals surface area contributed by atoms with Crippen LogP contribution in [-0.2, 0) is 29.8 Å². The first-order chi connectivity index (χ1) is 12.1. The molecule has 0 spiro atoms. The lowest BCUT2D eigenvalue weighted by Gasteiger charge is -2.12. The summed E-state index contributed by atoms with van der Waals surface area (Å²) in [6.45, 7) is 1.46. The number of carbonyl (C=O) groups is 1. The van der Waals surface area contributed by atoms with Crippen molar-refractivity contribution >= 4 is 13.4 Å². The van der Waals surface area contributed by atoms with Crippen molar-refractivity contribution in [3.8, 4) is 0 Å². The molecule has 0 aliphatic heterocycles. The van der Waals surface area contributed by atoms with Gasteiger partial charge in [0.15, 0.2) is 0 Å². The Morgan fingerprint density at radius 1 is 0.920 bits per heavy atom. The molecule has 142 valence electrons. The molecule has 1 aromatic carbocycles. The summed E-state index contributed by atoms with van der Waals surface area (Å²) in [5, 5.41) is 0. The molecule has 0 radical (unpaired) electrons. The number of Topliss-reactive ketones (excluding diaryl/α,β-unsaturated/α-hetero) is 1. The lowest BCUT2D eigenvalue weighted by Crippen LogP contribution is -2.07. The first-order valence-corrected chi connectivity index (χ1v) is 10.7. The van der Waals surface area contributed by atoms with Crippen LogP contribution >= 0.6 is 7.60 Å². The fraction of sp³-hybridized carbons (Fsp3) is 0.632. The smallest absolute Gasteiger partial charge is 0.337 e. The molecule has 0 aliphatic carbocycles. The van der Waals surface area contributed by atoms with Crippen molar-refractivity contribution in [2.45, 2.75) is 51.6 Å². The van der Waals surface area contributed by atoms with Crippen LogP contribution in [0, 0.1) is 0 Å². The molecular weight excluding hydrogens is 339 g/mol. The van der Waals surface area contributed by atoms with Gasteiger partial charge in [-0.2, -0.15) is 0 Å². The first kappa shape index (κ1) is 22.0. The fourth-order valence-electron chi connectivity index (χ4n) is 2.50. The van der Waals surface area contributed by atoms with E-state index < -0.39 is 7.60 Å². The third-order valence-electron chi connectivity index (χ3n) is 4.03. The molecule has 0 fully saturated rings. The number of benzene rings is 1. The molecular formula is C19H31O5P. The third kappa shape index (κ3) is 10.6. The molecule has 0 unspecified atom stereocenters. The van der Waals surface area contributed by atoms with Gasteiger partial charge in [0, 0.05) is 27.2 Å². The van der Waals surface area contributed by atoms with Crippen LogP contribution in [0.2, 0.25) is 0 Å².